The normalized spacial score (nSPS) is 12.2. The molecule has 1 aromatic heterocycles. The molecule has 5 heteroatoms. The van der Waals surface area contributed by atoms with E-state index in [0.29, 0.717) is 11.4 Å². The van der Waals surface area contributed by atoms with Crippen LogP contribution in [0, 0.1) is 6.92 Å². The molecular weight excluding hydrogens is 252 g/mol. The van der Waals surface area contributed by atoms with Crippen LogP contribution in [0.2, 0.25) is 0 Å². The summed E-state index contributed by atoms with van der Waals surface area (Å²) in [7, 11) is 0. The second-order valence-electron chi connectivity index (χ2n) is 4.92. The van der Waals surface area contributed by atoms with Crippen molar-refractivity contribution in [3.63, 3.8) is 0 Å². The first kappa shape index (κ1) is 14.2. The Labute approximate surface area is 119 Å². The van der Waals surface area contributed by atoms with Crippen molar-refractivity contribution >= 4 is 5.91 Å². The van der Waals surface area contributed by atoms with Crippen LogP contribution in [0.5, 0.6) is 0 Å². The molecule has 0 spiro atoms. The first-order valence-electron chi connectivity index (χ1n) is 6.92. The molecule has 2 aromatic rings. The molecular formula is C15H20N4O. The van der Waals surface area contributed by atoms with Crippen LogP contribution in [0.3, 0.4) is 0 Å². The standard InChI is InChI=1S/C15H20N4O/c1-4-8-11(2)16-15(20)14-12(3)17-19(18-14)13-9-6-5-7-10-13/h5-7,9-11H,4,8H2,1-3H3,(H,16,20). The lowest BCUT2D eigenvalue weighted by Crippen LogP contribution is -2.33. The molecule has 0 radical (unpaired) electrons. The number of carbonyl (C=O) groups excluding carboxylic acids is 1. The lowest BCUT2D eigenvalue weighted by molar-refractivity contribution is 0.0932. The second-order valence-corrected chi connectivity index (χ2v) is 4.92. The van der Waals surface area contributed by atoms with Gasteiger partial charge in [-0.3, -0.25) is 4.79 Å². The summed E-state index contributed by atoms with van der Waals surface area (Å²) in [6, 6.07) is 9.71. The van der Waals surface area contributed by atoms with Gasteiger partial charge in [-0.05, 0) is 32.4 Å². The number of hydrogen-bond donors (Lipinski definition) is 1. The van der Waals surface area contributed by atoms with E-state index in [1.165, 1.54) is 4.80 Å². The molecule has 1 atom stereocenters. The van der Waals surface area contributed by atoms with Crippen molar-refractivity contribution in [2.75, 3.05) is 0 Å². The van der Waals surface area contributed by atoms with E-state index in [0.717, 1.165) is 18.5 Å². The van der Waals surface area contributed by atoms with E-state index in [1.54, 1.807) is 6.92 Å². The highest BCUT2D eigenvalue weighted by molar-refractivity contribution is 5.93. The minimum Gasteiger partial charge on any atom is -0.348 e. The number of nitrogens with zero attached hydrogens (tertiary/aromatic N) is 3. The summed E-state index contributed by atoms with van der Waals surface area (Å²) in [6.07, 6.45) is 1.99. The third-order valence-corrected chi connectivity index (χ3v) is 3.08. The molecule has 1 N–H and O–H groups in total. The largest absolute Gasteiger partial charge is 0.348 e. The minimum absolute atomic E-state index is 0.147. The summed E-state index contributed by atoms with van der Waals surface area (Å²) in [5, 5.41) is 11.5. The van der Waals surface area contributed by atoms with Crippen LogP contribution in [0.1, 0.15) is 42.9 Å². The Morgan fingerprint density at radius 3 is 2.65 bits per heavy atom. The van der Waals surface area contributed by atoms with Gasteiger partial charge in [-0.25, -0.2) is 0 Å². The van der Waals surface area contributed by atoms with Crippen LogP contribution in [0.4, 0.5) is 0 Å². The Morgan fingerprint density at radius 2 is 2.00 bits per heavy atom. The number of hydrogen-bond acceptors (Lipinski definition) is 3. The van der Waals surface area contributed by atoms with Crippen molar-refractivity contribution < 1.29 is 4.79 Å². The Kier molecular flexibility index (Phi) is 4.50. The summed E-state index contributed by atoms with van der Waals surface area (Å²) in [5.74, 6) is -0.161. The summed E-state index contributed by atoms with van der Waals surface area (Å²) in [4.78, 5) is 13.7. The van der Waals surface area contributed by atoms with Crippen molar-refractivity contribution in [2.45, 2.75) is 39.7 Å². The maximum Gasteiger partial charge on any atom is 0.273 e. The zero-order chi connectivity index (χ0) is 14.5. The second kappa shape index (κ2) is 6.32. The predicted octanol–water partition coefficient (Wildman–Crippen LogP) is 2.49. The first-order chi connectivity index (χ1) is 9.61. The number of benzene rings is 1. The average Bonchev–Trinajstić information content (AvgIpc) is 2.82. The summed E-state index contributed by atoms with van der Waals surface area (Å²) < 4.78 is 0. The molecule has 0 bridgehead atoms. The van der Waals surface area contributed by atoms with Gasteiger partial charge in [0.1, 0.15) is 0 Å². The fraction of sp³-hybridized carbons (Fsp3) is 0.400. The molecule has 20 heavy (non-hydrogen) atoms. The fourth-order valence-electron chi connectivity index (χ4n) is 2.06. The Bertz CT molecular complexity index is 577. The lowest BCUT2D eigenvalue weighted by atomic mass is 10.2. The predicted molar refractivity (Wildman–Crippen MR) is 77.9 cm³/mol. The number of rotatable bonds is 5. The molecule has 0 fully saturated rings. The lowest BCUT2D eigenvalue weighted by Gasteiger charge is -2.11. The molecule has 1 amide bonds. The van der Waals surface area contributed by atoms with Gasteiger partial charge >= 0.3 is 0 Å². The Hall–Kier alpha value is -2.17. The van der Waals surface area contributed by atoms with Crippen LogP contribution in [-0.2, 0) is 0 Å². The van der Waals surface area contributed by atoms with Gasteiger partial charge in [0.15, 0.2) is 5.69 Å². The highest BCUT2D eigenvalue weighted by Gasteiger charge is 2.17. The first-order valence-corrected chi connectivity index (χ1v) is 6.92. The van der Waals surface area contributed by atoms with Gasteiger partial charge < -0.3 is 5.32 Å². The number of amides is 1. The third-order valence-electron chi connectivity index (χ3n) is 3.08. The molecule has 106 valence electrons. The van der Waals surface area contributed by atoms with Gasteiger partial charge in [-0.1, -0.05) is 31.5 Å². The smallest absolute Gasteiger partial charge is 0.273 e. The molecule has 2 rings (SSSR count). The SMILES string of the molecule is CCCC(C)NC(=O)c1nn(-c2ccccc2)nc1C. The van der Waals surface area contributed by atoms with E-state index in [9.17, 15) is 4.79 Å². The topological polar surface area (TPSA) is 59.8 Å². The van der Waals surface area contributed by atoms with Crippen molar-refractivity contribution in [1.82, 2.24) is 20.3 Å². The molecule has 0 aliphatic carbocycles. The number of carbonyl (C=O) groups is 1. The molecule has 5 nitrogen and oxygen atoms in total. The van der Waals surface area contributed by atoms with Gasteiger partial charge in [0.05, 0.1) is 11.4 Å². The molecule has 0 aliphatic heterocycles. The van der Waals surface area contributed by atoms with E-state index < -0.39 is 0 Å². The van der Waals surface area contributed by atoms with Gasteiger partial charge in [-0.2, -0.15) is 9.90 Å². The van der Waals surface area contributed by atoms with Crippen LogP contribution in [0.25, 0.3) is 5.69 Å². The van der Waals surface area contributed by atoms with Crippen molar-refractivity contribution in [1.29, 1.82) is 0 Å². The fourth-order valence-corrected chi connectivity index (χ4v) is 2.06. The molecule has 0 aliphatic rings. The van der Waals surface area contributed by atoms with Crippen molar-refractivity contribution in [2.24, 2.45) is 0 Å². The maximum atomic E-state index is 12.2. The summed E-state index contributed by atoms with van der Waals surface area (Å²) in [6.45, 7) is 5.89. The average molecular weight is 272 g/mol. The van der Waals surface area contributed by atoms with Crippen molar-refractivity contribution in [3.05, 3.63) is 41.7 Å². The van der Waals surface area contributed by atoms with Gasteiger partial charge in [0, 0.05) is 6.04 Å². The molecule has 1 heterocycles. The van der Waals surface area contributed by atoms with Crippen LogP contribution in [-0.4, -0.2) is 26.9 Å². The van der Waals surface area contributed by atoms with Crippen LogP contribution in [0.15, 0.2) is 30.3 Å². The third kappa shape index (κ3) is 3.23. The van der Waals surface area contributed by atoms with Crippen LogP contribution >= 0.6 is 0 Å². The number of aryl methyl sites for hydroxylation is 1. The highest BCUT2D eigenvalue weighted by Crippen LogP contribution is 2.08. The van der Waals surface area contributed by atoms with E-state index in [-0.39, 0.29) is 11.9 Å². The summed E-state index contributed by atoms with van der Waals surface area (Å²) in [5.41, 5.74) is 1.86. The van der Waals surface area contributed by atoms with Gasteiger partial charge in [0.25, 0.3) is 5.91 Å². The van der Waals surface area contributed by atoms with Crippen LogP contribution < -0.4 is 5.32 Å². The molecule has 1 unspecified atom stereocenters. The van der Waals surface area contributed by atoms with E-state index >= 15 is 0 Å². The number of aromatic nitrogens is 3. The maximum absolute atomic E-state index is 12.2. The van der Waals surface area contributed by atoms with E-state index in [1.807, 2.05) is 37.3 Å². The number of nitrogens with one attached hydrogen (secondary N) is 1. The molecule has 0 saturated carbocycles. The quantitative estimate of drug-likeness (QED) is 0.909. The number of para-hydroxylation sites is 1. The zero-order valence-electron chi connectivity index (χ0n) is 12.1. The zero-order valence-corrected chi connectivity index (χ0v) is 12.1. The van der Waals surface area contributed by atoms with E-state index in [2.05, 4.69) is 22.4 Å². The molecule has 1 aromatic carbocycles. The summed E-state index contributed by atoms with van der Waals surface area (Å²) >= 11 is 0. The Morgan fingerprint density at radius 1 is 1.30 bits per heavy atom. The minimum atomic E-state index is -0.161. The van der Waals surface area contributed by atoms with E-state index in [4.69, 9.17) is 0 Å². The highest BCUT2D eigenvalue weighted by atomic mass is 16.2. The van der Waals surface area contributed by atoms with Crippen molar-refractivity contribution in [3.8, 4) is 5.69 Å². The van der Waals surface area contributed by atoms with Gasteiger partial charge in [-0.15, -0.1) is 5.10 Å². The monoisotopic (exact) mass is 272 g/mol. The molecule has 0 saturated heterocycles. The van der Waals surface area contributed by atoms with Gasteiger partial charge in [0.2, 0.25) is 0 Å². The Balaban J connectivity index is 2.17.